The Labute approximate surface area is 192 Å². The van der Waals surface area contributed by atoms with E-state index in [0.717, 1.165) is 42.6 Å². The molecule has 1 aliphatic rings. The second kappa shape index (κ2) is 10.2. The van der Waals surface area contributed by atoms with Crippen molar-refractivity contribution in [2.24, 2.45) is 0 Å². The lowest BCUT2D eigenvalue weighted by molar-refractivity contribution is 0.240. The Bertz CT molecular complexity index is 1130. The Kier molecular flexibility index (Phi) is 6.92. The summed E-state index contributed by atoms with van der Waals surface area (Å²) in [5.41, 5.74) is 4.00. The number of nitrogens with zero attached hydrogens (tertiary/aromatic N) is 2. The van der Waals surface area contributed by atoms with Crippen molar-refractivity contribution in [3.63, 3.8) is 0 Å². The Morgan fingerprint density at radius 3 is 2.67 bits per heavy atom. The highest BCUT2D eigenvalue weighted by Gasteiger charge is 2.28. The number of benzene rings is 1. The van der Waals surface area contributed by atoms with E-state index >= 15 is 0 Å². The number of pyridine rings is 2. The summed E-state index contributed by atoms with van der Waals surface area (Å²) in [6.45, 7) is 1.90. The molecule has 0 unspecified atom stereocenters. The summed E-state index contributed by atoms with van der Waals surface area (Å²) in [5, 5.41) is 16.8. The molecule has 2 atom stereocenters. The van der Waals surface area contributed by atoms with Crippen LogP contribution in [0.5, 0.6) is 0 Å². The zero-order valence-corrected chi connectivity index (χ0v) is 18.4. The zero-order valence-electron chi connectivity index (χ0n) is 18.4. The second-order valence-electron chi connectivity index (χ2n) is 8.26. The molecule has 2 heterocycles. The molecule has 1 saturated carbocycles. The molecule has 0 saturated heterocycles. The lowest BCUT2D eigenvalue weighted by Crippen LogP contribution is -2.43. The molecular weight excluding hydrogens is 419 g/mol. The van der Waals surface area contributed by atoms with Crippen LogP contribution in [-0.4, -0.2) is 28.3 Å². The number of aryl methyl sites for hydroxylation is 1. The fourth-order valence-corrected chi connectivity index (χ4v) is 4.28. The van der Waals surface area contributed by atoms with E-state index in [1.165, 1.54) is 18.3 Å². The Hall–Kier alpha value is -3.81. The van der Waals surface area contributed by atoms with Gasteiger partial charge in [0.1, 0.15) is 11.6 Å². The van der Waals surface area contributed by atoms with Crippen molar-refractivity contribution >= 4 is 29.4 Å². The lowest BCUT2D eigenvalue weighted by Gasteiger charge is -2.32. The van der Waals surface area contributed by atoms with Gasteiger partial charge < -0.3 is 16.0 Å². The van der Waals surface area contributed by atoms with Gasteiger partial charge in [-0.1, -0.05) is 25.0 Å². The molecule has 33 heavy (non-hydrogen) atoms. The first-order chi connectivity index (χ1) is 16.0. The van der Waals surface area contributed by atoms with Crippen LogP contribution in [0.1, 0.15) is 48.4 Å². The number of hydrogen-bond donors (Lipinski definition) is 4. The van der Waals surface area contributed by atoms with E-state index in [4.69, 9.17) is 5.41 Å². The molecule has 0 spiro atoms. The standard InChI is InChI=1S/C25H27FN6O/c1-16-12-20(10-11-28-16)30-23-15-29-24(13-18(23)14-27)32-25(33)31-22-5-3-2-4-21(22)17-6-8-19(26)9-7-17/h6-15,21-22,27H,2-5H2,1H3,(H,28,30)(H2,29,31,32,33)/t21-,22-/m0/s1. The fraction of sp³-hybridized carbons (Fsp3) is 0.280. The molecule has 170 valence electrons. The summed E-state index contributed by atoms with van der Waals surface area (Å²) in [5.74, 6) is 0.240. The van der Waals surface area contributed by atoms with E-state index in [2.05, 4.69) is 25.9 Å². The topological polar surface area (TPSA) is 103 Å². The summed E-state index contributed by atoms with van der Waals surface area (Å²) in [7, 11) is 0. The molecule has 2 amide bonds. The summed E-state index contributed by atoms with van der Waals surface area (Å²) < 4.78 is 13.3. The summed E-state index contributed by atoms with van der Waals surface area (Å²) >= 11 is 0. The number of rotatable bonds is 6. The minimum atomic E-state index is -0.345. The second-order valence-corrected chi connectivity index (χ2v) is 8.26. The van der Waals surface area contributed by atoms with Crippen molar-refractivity contribution in [2.75, 3.05) is 10.6 Å². The Morgan fingerprint density at radius 2 is 1.91 bits per heavy atom. The van der Waals surface area contributed by atoms with Crippen LogP contribution < -0.4 is 16.0 Å². The highest BCUT2D eigenvalue weighted by Crippen LogP contribution is 2.33. The van der Waals surface area contributed by atoms with Crippen LogP contribution in [0.25, 0.3) is 0 Å². The normalized spacial score (nSPS) is 17.8. The molecule has 1 aliphatic carbocycles. The third kappa shape index (κ3) is 5.71. The van der Waals surface area contributed by atoms with Crippen LogP contribution in [0, 0.1) is 18.2 Å². The Morgan fingerprint density at radius 1 is 1.12 bits per heavy atom. The summed E-state index contributed by atoms with van der Waals surface area (Å²) in [6.07, 6.45) is 8.44. The van der Waals surface area contributed by atoms with Crippen LogP contribution in [0.2, 0.25) is 0 Å². The smallest absolute Gasteiger partial charge is 0.320 e. The fourth-order valence-electron chi connectivity index (χ4n) is 4.28. The molecule has 4 rings (SSSR count). The van der Waals surface area contributed by atoms with Gasteiger partial charge in [-0.25, -0.2) is 14.2 Å². The van der Waals surface area contributed by atoms with E-state index in [0.29, 0.717) is 17.1 Å². The number of anilines is 3. The third-order valence-corrected chi connectivity index (χ3v) is 5.89. The van der Waals surface area contributed by atoms with Gasteiger partial charge in [-0.05, 0) is 55.7 Å². The third-order valence-electron chi connectivity index (χ3n) is 5.89. The molecule has 1 aromatic carbocycles. The number of nitrogens with one attached hydrogen (secondary N) is 4. The molecular formula is C25H27FN6O. The molecule has 0 radical (unpaired) electrons. The molecule has 0 bridgehead atoms. The molecule has 7 nitrogen and oxygen atoms in total. The number of hydrogen-bond acceptors (Lipinski definition) is 5. The van der Waals surface area contributed by atoms with Gasteiger partial charge in [0, 0.05) is 41.3 Å². The maximum Gasteiger partial charge on any atom is 0.320 e. The van der Waals surface area contributed by atoms with E-state index < -0.39 is 0 Å². The van der Waals surface area contributed by atoms with Crippen molar-refractivity contribution in [1.29, 1.82) is 5.41 Å². The average molecular weight is 447 g/mol. The lowest BCUT2D eigenvalue weighted by atomic mass is 9.80. The number of carbonyl (C=O) groups is 1. The number of aromatic nitrogens is 2. The van der Waals surface area contributed by atoms with Crippen LogP contribution in [-0.2, 0) is 0 Å². The largest absolute Gasteiger partial charge is 0.354 e. The van der Waals surface area contributed by atoms with Crippen LogP contribution in [0.15, 0.2) is 54.9 Å². The van der Waals surface area contributed by atoms with E-state index in [1.807, 2.05) is 19.1 Å². The quantitative estimate of drug-likeness (QED) is 0.375. The maximum absolute atomic E-state index is 13.3. The molecule has 2 aromatic heterocycles. The number of carbonyl (C=O) groups excluding carboxylic acids is 1. The predicted molar refractivity (Wildman–Crippen MR) is 128 cm³/mol. The number of halogens is 1. The van der Waals surface area contributed by atoms with Gasteiger partial charge in [-0.15, -0.1) is 0 Å². The van der Waals surface area contributed by atoms with Crippen molar-refractivity contribution in [3.05, 3.63) is 77.5 Å². The van der Waals surface area contributed by atoms with Crippen LogP contribution in [0.3, 0.4) is 0 Å². The monoisotopic (exact) mass is 446 g/mol. The first-order valence-corrected chi connectivity index (χ1v) is 11.0. The zero-order chi connectivity index (χ0) is 23.2. The van der Waals surface area contributed by atoms with Crippen molar-refractivity contribution < 1.29 is 9.18 Å². The Balaban J connectivity index is 1.43. The minimum absolute atomic E-state index is 0.0395. The minimum Gasteiger partial charge on any atom is -0.354 e. The van der Waals surface area contributed by atoms with Crippen LogP contribution >= 0.6 is 0 Å². The first-order valence-electron chi connectivity index (χ1n) is 11.0. The van der Waals surface area contributed by atoms with Gasteiger partial charge in [-0.3, -0.25) is 10.3 Å². The highest BCUT2D eigenvalue weighted by atomic mass is 19.1. The molecule has 4 N–H and O–H groups in total. The van der Waals surface area contributed by atoms with E-state index in [1.54, 1.807) is 30.6 Å². The van der Waals surface area contributed by atoms with Gasteiger partial charge in [0.15, 0.2) is 0 Å². The average Bonchev–Trinajstić information content (AvgIpc) is 2.81. The van der Waals surface area contributed by atoms with E-state index in [-0.39, 0.29) is 23.8 Å². The summed E-state index contributed by atoms with van der Waals surface area (Å²) in [6, 6.07) is 11.5. The van der Waals surface area contributed by atoms with Crippen molar-refractivity contribution in [1.82, 2.24) is 15.3 Å². The van der Waals surface area contributed by atoms with Gasteiger partial charge in [0.2, 0.25) is 0 Å². The van der Waals surface area contributed by atoms with Crippen LogP contribution in [0.4, 0.5) is 26.4 Å². The van der Waals surface area contributed by atoms with Gasteiger partial charge in [0.05, 0.1) is 11.9 Å². The van der Waals surface area contributed by atoms with Gasteiger partial charge in [0.25, 0.3) is 0 Å². The number of amides is 2. The highest BCUT2D eigenvalue weighted by molar-refractivity contribution is 5.92. The van der Waals surface area contributed by atoms with E-state index in [9.17, 15) is 9.18 Å². The molecule has 1 fully saturated rings. The predicted octanol–water partition coefficient (Wildman–Crippen LogP) is 5.51. The molecule has 8 heteroatoms. The number of urea groups is 1. The maximum atomic E-state index is 13.3. The van der Waals surface area contributed by atoms with Gasteiger partial charge >= 0.3 is 6.03 Å². The molecule has 3 aromatic rings. The molecule has 0 aliphatic heterocycles. The van der Waals surface area contributed by atoms with Gasteiger partial charge in [-0.2, -0.15) is 0 Å². The SMILES string of the molecule is Cc1cc(Nc2cnc(NC(=O)N[C@H]3CCCC[C@H]3c3ccc(F)cc3)cc2C=N)ccn1. The first kappa shape index (κ1) is 22.4. The van der Waals surface area contributed by atoms with Crippen molar-refractivity contribution in [2.45, 2.75) is 44.6 Å². The summed E-state index contributed by atoms with van der Waals surface area (Å²) in [4.78, 5) is 21.2. The van der Waals surface area contributed by atoms with Crippen molar-refractivity contribution in [3.8, 4) is 0 Å².